The minimum Gasteiger partial charge on any atom is -0.481 e. The molecule has 0 aliphatic heterocycles. The fourth-order valence-corrected chi connectivity index (χ4v) is 1.58. The fraction of sp³-hybridized carbons (Fsp3) is 0.154. The molecule has 4 heteroatoms. The zero-order chi connectivity index (χ0) is 12.3. The monoisotopic (exact) mass is 232 g/mol. The van der Waals surface area contributed by atoms with Crippen molar-refractivity contribution in [2.75, 3.05) is 7.11 Å². The third kappa shape index (κ3) is 2.60. The number of aromatic nitrogens is 1. The number of nitrogens with two attached hydrogens (primary N) is 1. The van der Waals surface area contributed by atoms with Crippen LogP contribution in [0.3, 0.4) is 0 Å². The standard InChI is InChI=1S/C13H13FN2O/c1-17-13-6-9(8-15)5-12(16-13)10-3-2-4-11(14)7-10/h2-7H,8,15H2,1H3. The molecule has 88 valence electrons. The van der Waals surface area contributed by atoms with Crippen LogP contribution in [0.1, 0.15) is 5.56 Å². The van der Waals surface area contributed by atoms with Crippen LogP contribution in [0.15, 0.2) is 36.4 Å². The third-order valence-electron chi connectivity index (χ3n) is 2.43. The Bertz CT molecular complexity index is 506. The summed E-state index contributed by atoms with van der Waals surface area (Å²) in [4.78, 5) is 4.27. The lowest BCUT2D eigenvalue weighted by Crippen LogP contribution is -1.99. The predicted molar refractivity (Wildman–Crippen MR) is 64.1 cm³/mol. The number of pyridine rings is 1. The Morgan fingerprint density at radius 1 is 1.29 bits per heavy atom. The SMILES string of the molecule is COc1cc(CN)cc(-c2cccc(F)c2)n1. The smallest absolute Gasteiger partial charge is 0.213 e. The second-order valence-electron chi connectivity index (χ2n) is 3.62. The van der Waals surface area contributed by atoms with Crippen LogP contribution in [0.4, 0.5) is 4.39 Å². The summed E-state index contributed by atoms with van der Waals surface area (Å²) in [6.07, 6.45) is 0. The molecular weight excluding hydrogens is 219 g/mol. The van der Waals surface area contributed by atoms with Crippen LogP contribution < -0.4 is 10.5 Å². The number of hydrogen-bond donors (Lipinski definition) is 1. The highest BCUT2D eigenvalue weighted by atomic mass is 19.1. The molecule has 2 rings (SSSR count). The van der Waals surface area contributed by atoms with Crippen molar-refractivity contribution < 1.29 is 9.13 Å². The van der Waals surface area contributed by atoms with E-state index < -0.39 is 0 Å². The molecule has 0 radical (unpaired) electrons. The summed E-state index contributed by atoms with van der Waals surface area (Å²) < 4.78 is 18.2. The van der Waals surface area contributed by atoms with E-state index in [1.54, 1.807) is 18.2 Å². The van der Waals surface area contributed by atoms with Gasteiger partial charge in [0.1, 0.15) is 5.82 Å². The number of methoxy groups -OCH3 is 1. The number of hydrogen-bond acceptors (Lipinski definition) is 3. The third-order valence-corrected chi connectivity index (χ3v) is 2.43. The van der Waals surface area contributed by atoms with E-state index in [0.29, 0.717) is 23.7 Å². The zero-order valence-corrected chi connectivity index (χ0v) is 9.48. The average molecular weight is 232 g/mol. The molecular formula is C13H13FN2O. The topological polar surface area (TPSA) is 48.1 Å². The Morgan fingerprint density at radius 3 is 2.76 bits per heavy atom. The lowest BCUT2D eigenvalue weighted by Gasteiger charge is -2.07. The van der Waals surface area contributed by atoms with Gasteiger partial charge in [-0.05, 0) is 23.8 Å². The minimum absolute atomic E-state index is 0.290. The molecule has 0 bridgehead atoms. The van der Waals surface area contributed by atoms with Gasteiger partial charge in [0, 0.05) is 18.2 Å². The number of halogens is 1. The molecule has 0 saturated heterocycles. The maximum atomic E-state index is 13.1. The summed E-state index contributed by atoms with van der Waals surface area (Å²) in [5.41, 5.74) is 7.86. The molecule has 0 amide bonds. The molecule has 2 aromatic rings. The van der Waals surface area contributed by atoms with Crippen LogP contribution in [0.2, 0.25) is 0 Å². The van der Waals surface area contributed by atoms with Crippen molar-refractivity contribution in [2.24, 2.45) is 5.73 Å². The molecule has 0 aliphatic carbocycles. The van der Waals surface area contributed by atoms with Crippen LogP contribution in [-0.2, 0) is 6.54 Å². The Balaban J connectivity index is 2.50. The molecule has 1 aromatic carbocycles. The molecule has 0 aliphatic rings. The van der Waals surface area contributed by atoms with Gasteiger partial charge in [-0.15, -0.1) is 0 Å². The van der Waals surface area contributed by atoms with Crippen molar-refractivity contribution >= 4 is 0 Å². The number of rotatable bonds is 3. The first-order chi connectivity index (χ1) is 8.22. The van der Waals surface area contributed by atoms with Gasteiger partial charge < -0.3 is 10.5 Å². The van der Waals surface area contributed by atoms with E-state index in [4.69, 9.17) is 10.5 Å². The van der Waals surface area contributed by atoms with Crippen molar-refractivity contribution in [1.82, 2.24) is 4.98 Å². The molecule has 17 heavy (non-hydrogen) atoms. The van der Waals surface area contributed by atoms with E-state index in [9.17, 15) is 4.39 Å². The van der Waals surface area contributed by atoms with Gasteiger partial charge in [-0.2, -0.15) is 0 Å². The van der Waals surface area contributed by atoms with Crippen LogP contribution in [0.5, 0.6) is 5.88 Å². The number of benzene rings is 1. The van der Waals surface area contributed by atoms with Crippen LogP contribution in [0.25, 0.3) is 11.3 Å². The number of ether oxygens (including phenoxy) is 1. The predicted octanol–water partition coefficient (Wildman–Crippen LogP) is 2.36. The van der Waals surface area contributed by atoms with Crippen LogP contribution >= 0.6 is 0 Å². The summed E-state index contributed by atoms with van der Waals surface area (Å²) in [6.45, 7) is 0.390. The maximum Gasteiger partial charge on any atom is 0.213 e. The van der Waals surface area contributed by atoms with Gasteiger partial charge in [0.05, 0.1) is 12.8 Å². The highest BCUT2D eigenvalue weighted by Gasteiger charge is 2.05. The van der Waals surface area contributed by atoms with Gasteiger partial charge >= 0.3 is 0 Å². The van der Waals surface area contributed by atoms with Crippen molar-refractivity contribution in [2.45, 2.75) is 6.54 Å². The molecule has 0 spiro atoms. The second-order valence-corrected chi connectivity index (χ2v) is 3.62. The fourth-order valence-electron chi connectivity index (χ4n) is 1.58. The highest BCUT2D eigenvalue weighted by Crippen LogP contribution is 2.22. The largest absolute Gasteiger partial charge is 0.481 e. The van der Waals surface area contributed by atoms with Gasteiger partial charge in [0.2, 0.25) is 5.88 Å². The van der Waals surface area contributed by atoms with E-state index in [2.05, 4.69) is 4.98 Å². The minimum atomic E-state index is -0.290. The van der Waals surface area contributed by atoms with Crippen molar-refractivity contribution in [3.63, 3.8) is 0 Å². The first-order valence-corrected chi connectivity index (χ1v) is 5.24. The molecule has 0 unspecified atom stereocenters. The normalized spacial score (nSPS) is 10.3. The molecule has 3 nitrogen and oxygen atoms in total. The van der Waals surface area contributed by atoms with E-state index in [1.807, 2.05) is 6.07 Å². The summed E-state index contributed by atoms with van der Waals surface area (Å²) in [5.74, 6) is 0.189. The first kappa shape index (κ1) is 11.5. The lowest BCUT2D eigenvalue weighted by atomic mass is 10.1. The molecule has 2 N–H and O–H groups in total. The lowest BCUT2D eigenvalue weighted by molar-refractivity contribution is 0.398. The average Bonchev–Trinajstić information content (AvgIpc) is 2.38. The Morgan fingerprint density at radius 2 is 2.12 bits per heavy atom. The van der Waals surface area contributed by atoms with E-state index in [0.717, 1.165) is 5.56 Å². The maximum absolute atomic E-state index is 13.1. The van der Waals surface area contributed by atoms with E-state index in [-0.39, 0.29) is 5.82 Å². The summed E-state index contributed by atoms with van der Waals surface area (Å²) in [5, 5.41) is 0. The van der Waals surface area contributed by atoms with Crippen molar-refractivity contribution in [1.29, 1.82) is 0 Å². The molecule has 0 fully saturated rings. The second kappa shape index (κ2) is 4.93. The molecule has 0 saturated carbocycles. The highest BCUT2D eigenvalue weighted by molar-refractivity contribution is 5.60. The quantitative estimate of drug-likeness (QED) is 0.883. The van der Waals surface area contributed by atoms with Gasteiger partial charge in [-0.1, -0.05) is 12.1 Å². The Hall–Kier alpha value is -1.94. The molecule has 1 aromatic heterocycles. The summed E-state index contributed by atoms with van der Waals surface area (Å²) in [6, 6.07) is 9.87. The first-order valence-electron chi connectivity index (χ1n) is 5.24. The molecule has 0 atom stereocenters. The van der Waals surface area contributed by atoms with E-state index >= 15 is 0 Å². The van der Waals surface area contributed by atoms with E-state index in [1.165, 1.54) is 19.2 Å². The van der Waals surface area contributed by atoms with Crippen LogP contribution in [-0.4, -0.2) is 12.1 Å². The van der Waals surface area contributed by atoms with Gasteiger partial charge in [0.25, 0.3) is 0 Å². The summed E-state index contributed by atoms with van der Waals surface area (Å²) in [7, 11) is 1.54. The molecule has 1 heterocycles. The van der Waals surface area contributed by atoms with Gasteiger partial charge in [-0.25, -0.2) is 9.37 Å². The van der Waals surface area contributed by atoms with Gasteiger partial charge in [0.15, 0.2) is 0 Å². The van der Waals surface area contributed by atoms with Gasteiger partial charge in [-0.3, -0.25) is 0 Å². The number of nitrogens with zero attached hydrogens (tertiary/aromatic N) is 1. The summed E-state index contributed by atoms with van der Waals surface area (Å²) >= 11 is 0. The zero-order valence-electron chi connectivity index (χ0n) is 9.48. The Labute approximate surface area is 99.1 Å². The van der Waals surface area contributed by atoms with Crippen LogP contribution in [0, 0.1) is 5.82 Å². The Kier molecular flexibility index (Phi) is 3.35. The van der Waals surface area contributed by atoms with Crippen molar-refractivity contribution in [3.05, 3.63) is 47.8 Å². The van der Waals surface area contributed by atoms with Crippen molar-refractivity contribution in [3.8, 4) is 17.1 Å².